The van der Waals surface area contributed by atoms with Gasteiger partial charge in [0.2, 0.25) is 0 Å². The van der Waals surface area contributed by atoms with E-state index in [4.69, 9.17) is 0 Å². The first-order valence-corrected chi connectivity index (χ1v) is 9.74. The van der Waals surface area contributed by atoms with Crippen LogP contribution in [0, 0.1) is 0 Å². The number of benzene rings is 1. The third-order valence-corrected chi connectivity index (χ3v) is 5.51. The molecule has 0 N–H and O–H groups in total. The van der Waals surface area contributed by atoms with Crippen LogP contribution in [0.25, 0.3) is 0 Å². The second kappa shape index (κ2) is 7.58. The van der Waals surface area contributed by atoms with Crippen molar-refractivity contribution in [2.45, 2.75) is 43.2 Å². The van der Waals surface area contributed by atoms with Gasteiger partial charge in [0.05, 0.1) is 6.67 Å². The minimum Gasteiger partial charge on any atom is -0.284 e. The summed E-state index contributed by atoms with van der Waals surface area (Å²) in [5.41, 5.74) is 1.10. The van der Waals surface area contributed by atoms with E-state index < -0.39 is 17.8 Å². The smallest absolute Gasteiger partial charge is 0.284 e. The number of hydrogen-bond acceptors (Lipinski definition) is 5. The first-order valence-electron chi connectivity index (χ1n) is 8.51. The Morgan fingerprint density at radius 2 is 1.72 bits per heavy atom. The van der Waals surface area contributed by atoms with E-state index in [0.717, 1.165) is 36.1 Å². The Kier molecular flexibility index (Phi) is 5.44. The highest BCUT2D eigenvalue weighted by Crippen LogP contribution is 2.27. The zero-order valence-corrected chi connectivity index (χ0v) is 15.4. The fourth-order valence-corrected chi connectivity index (χ4v) is 3.87. The molecule has 2 fully saturated rings. The molecule has 25 heavy (non-hydrogen) atoms. The maximum atomic E-state index is 12.6. The third-order valence-electron chi connectivity index (χ3n) is 4.77. The Bertz CT molecular complexity index is 671. The molecular weight excluding hydrogens is 338 g/mol. The third kappa shape index (κ3) is 3.72. The maximum absolute atomic E-state index is 12.6. The van der Waals surface area contributed by atoms with Crippen LogP contribution < -0.4 is 0 Å². The van der Waals surface area contributed by atoms with Gasteiger partial charge in [-0.15, -0.1) is 11.8 Å². The lowest BCUT2D eigenvalue weighted by atomic mass is 10.2. The Morgan fingerprint density at radius 3 is 2.32 bits per heavy atom. The number of hydrogen-bond donors (Lipinski definition) is 0. The molecule has 134 valence electrons. The molecule has 1 aliphatic carbocycles. The van der Waals surface area contributed by atoms with Crippen LogP contribution in [0.5, 0.6) is 0 Å². The van der Waals surface area contributed by atoms with E-state index in [0.29, 0.717) is 6.54 Å². The first-order chi connectivity index (χ1) is 12.0. The molecule has 0 bridgehead atoms. The molecule has 0 aromatic heterocycles. The summed E-state index contributed by atoms with van der Waals surface area (Å²) in [7, 11) is 1.84. The number of carbonyl (C=O) groups excluding carboxylic acids is 3. The molecule has 1 saturated heterocycles. The van der Waals surface area contributed by atoms with Crippen LogP contribution in [-0.2, 0) is 16.1 Å². The van der Waals surface area contributed by atoms with Crippen molar-refractivity contribution < 1.29 is 14.4 Å². The van der Waals surface area contributed by atoms with Crippen LogP contribution in [-0.4, -0.2) is 58.6 Å². The summed E-state index contributed by atoms with van der Waals surface area (Å²) >= 11 is 1.68. The summed E-state index contributed by atoms with van der Waals surface area (Å²) in [5.74, 6) is -1.38. The fraction of sp³-hybridized carbons (Fsp3) is 0.500. The molecule has 3 rings (SSSR count). The monoisotopic (exact) mass is 361 g/mol. The molecule has 1 heterocycles. The van der Waals surface area contributed by atoms with Gasteiger partial charge in [-0.1, -0.05) is 25.0 Å². The van der Waals surface area contributed by atoms with Crippen LogP contribution in [0.4, 0.5) is 4.79 Å². The van der Waals surface area contributed by atoms with Gasteiger partial charge in [0.15, 0.2) is 0 Å². The van der Waals surface area contributed by atoms with Crippen molar-refractivity contribution in [2.24, 2.45) is 0 Å². The summed E-state index contributed by atoms with van der Waals surface area (Å²) < 4.78 is 0. The Balaban J connectivity index is 1.63. The average Bonchev–Trinajstić information content (AvgIpc) is 3.19. The molecule has 0 unspecified atom stereocenters. The molecule has 1 aromatic rings. The van der Waals surface area contributed by atoms with Gasteiger partial charge >= 0.3 is 17.8 Å². The van der Waals surface area contributed by atoms with Gasteiger partial charge < -0.3 is 0 Å². The van der Waals surface area contributed by atoms with Crippen molar-refractivity contribution in [2.75, 3.05) is 20.0 Å². The lowest BCUT2D eigenvalue weighted by molar-refractivity contribution is -0.144. The van der Waals surface area contributed by atoms with E-state index in [2.05, 4.69) is 0 Å². The van der Waals surface area contributed by atoms with Crippen LogP contribution in [0.2, 0.25) is 0 Å². The maximum Gasteiger partial charge on any atom is 0.335 e. The largest absolute Gasteiger partial charge is 0.335 e. The molecule has 6 nitrogen and oxygen atoms in total. The summed E-state index contributed by atoms with van der Waals surface area (Å²) in [6.07, 6.45) is 5.63. The van der Waals surface area contributed by atoms with Gasteiger partial charge in [0, 0.05) is 17.5 Å². The van der Waals surface area contributed by atoms with Crippen LogP contribution in [0.15, 0.2) is 29.2 Å². The summed E-state index contributed by atoms with van der Waals surface area (Å²) in [5, 5.41) is 0. The highest BCUT2D eigenvalue weighted by molar-refractivity contribution is 7.98. The zero-order valence-electron chi connectivity index (χ0n) is 14.6. The molecule has 1 saturated carbocycles. The topological polar surface area (TPSA) is 60.9 Å². The van der Waals surface area contributed by atoms with Gasteiger partial charge in [-0.2, -0.15) is 0 Å². The molecule has 1 aromatic carbocycles. The van der Waals surface area contributed by atoms with Gasteiger partial charge in [0.1, 0.15) is 0 Å². The van der Waals surface area contributed by atoms with E-state index in [1.807, 2.05) is 42.5 Å². The normalized spacial score (nSPS) is 18.9. The fourth-order valence-electron chi connectivity index (χ4n) is 3.47. The van der Waals surface area contributed by atoms with Crippen molar-refractivity contribution in [3.8, 4) is 0 Å². The van der Waals surface area contributed by atoms with Crippen LogP contribution in [0.1, 0.15) is 31.2 Å². The van der Waals surface area contributed by atoms with E-state index in [1.165, 1.54) is 9.80 Å². The van der Waals surface area contributed by atoms with Crippen molar-refractivity contribution >= 4 is 29.6 Å². The minimum absolute atomic E-state index is 0.113. The first kappa shape index (κ1) is 17.9. The van der Waals surface area contributed by atoms with E-state index in [-0.39, 0.29) is 12.7 Å². The van der Waals surface area contributed by atoms with Gasteiger partial charge in [-0.25, -0.2) is 9.69 Å². The molecule has 1 aliphatic heterocycles. The van der Waals surface area contributed by atoms with Crippen LogP contribution in [0.3, 0.4) is 0 Å². The second-order valence-electron chi connectivity index (χ2n) is 6.63. The summed E-state index contributed by atoms with van der Waals surface area (Å²) in [6.45, 7) is 0.722. The summed E-state index contributed by atoms with van der Waals surface area (Å²) in [6, 6.07) is 7.58. The molecule has 0 spiro atoms. The number of carbonyl (C=O) groups is 3. The zero-order chi connectivity index (χ0) is 18.0. The Labute approximate surface area is 152 Å². The predicted octanol–water partition coefficient (Wildman–Crippen LogP) is 2.53. The molecule has 0 radical (unpaired) electrons. The summed E-state index contributed by atoms with van der Waals surface area (Å²) in [4.78, 5) is 42.3. The molecule has 4 amide bonds. The minimum atomic E-state index is -0.707. The van der Waals surface area contributed by atoms with Gasteiger partial charge in [-0.05, 0) is 43.8 Å². The lowest BCUT2D eigenvalue weighted by Crippen LogP contribution is -2.42. The lowest BCUT2D eigenvalue weighted by Gasteiger charge is -2.24. The van der Waals surface area contributed by atoms with E-state index >= 15 is 0 Å². The number of imide groups is 2. The Morgan fingerprint density at radius 1 is 1.08 bits per heavy atom. The van der Waals surface area contributed by atoms with Gasteiger partial charge in [0.25, 0.3) is 0 Å². The van der Waals surface area contributed by atoms with E-state index in [1.54, 1.807) is 11.8 Å². The van der Waals surface area contributed by atoms with Crippen molar-refractivity contribution in [1.82, 2.24) is 14.7 Å². The van der Waals surface area contributed by atoms with Crippen molar-refractivity contribution in [3.05, 3.63) is 29.8 Å². The molecule has 0 atom stereocenters. The molecular formula is C18H23N3O3S. The average molecular weight is 361 g/mol. The molecule has 2 aliphatic rings. The van der Waals surface area contributed by atoms with E-state index in [9.17, 15) is 14.4 Å². The quantitative estimate of drug-likeness (QED) is 0.443. The van der Waals surface area contributed by atoms with Gasteiger partial charge in [-0.3, -0.25) is 19.4 Å². The SMILES string of the molecule is CSc1ccc(CN(C)CN2C(=O)C(=O)N(C3CCCC3)C2=O)cc1. The molecule has 7 heteroatoms. The number of rotatable bonds is 6. The van der Waals surface area contributed by atoms with Crippen molar-refractivity contribution in [3.63, 3.8) is 0 Å². The number of urea groups is 1. The standard InChI is InChI=1S/C18H23N3O3S/c1-19(11-13-7-9-15(25-2)10-8-13)12-20-16(22)17(23)21(18(20)24)14-5-3-4-6-14/h7-10,14H,3-6,11-12H2,1-2H3. The Hall–Kier alpha value is -1.86. The van der Waals surface area contributed by atoms with Crippen LogP contribution >= 0.6 is 11.8 Å². The predicted molar refractivity (Wildman–Crippen MR) is 95.9 cm³/mol. The highest BCUT2D eigenvalue weighted by atomic mass is 32.2. The highest BCUT2D eigenvalue weighted by Gasteiger charge is 2.48. The number of amides is 4. The number of nitrogens with zero attached hydrogens (tertiary/aromatic N) is 3. The number of thioether (sulfide) groups is 1. The second-order valence-corrected chi connectivity index (χ2v) is 7.51. The van der Waals surface area contributed by atoms with Crippen molar-refractivity contribution in [1.29, 1.82) is 0 Å².